The van der Waals surface area contributed by atoms with Gasteiger partial charge in [0.15, 0.2) is 0 Å². The predicted molar refractivity (Wildman–Crippen MR) is 85.7 cm³/mol. The number of aromatic nitrogens is 1. The Morgan fingerprint density at radius 2 is 2.14 bits per heavy atom. The Labute approximate surface area is 129 Å². The minimum atomic E-state index is -0.0937. The molecule has 114 valence electrons. The summed E-state index contributed by atoms with van der Waals surface area (Å²) in [6.45, 7) is 4.51. The summed E-state index contributed by atoms with van der Waals surface area (Å²) >= 11 is 0. The third kappa shape index (κ3) is 3.67. The summed E-state index contributed by atoms with van der Waals surface area (Å²) in [5, 5.41) is 3.86. The molecule has 5 nitrogen and oxygen atoms in total. The normalized spacial score (nSPS) is 15.3. The van der Waals surface area contributed by atoms with E-state index in [1.807, 2.05) is 30.5 Å². The van der Waals surface area contributed by atoms with Crippen molar-refractivity contribution in [3.8, 4) is 11.8 Å². The van der Waals surface area contributed by atoms with Gasteiger partial charge in [0.2, 0.25) is 0 Å². The summed E-state index contributed by atoms with van der Waals surface area (Å²) in [5.74, 6) is 5.99. The van der Waals surface area contributed by atoms with Crippen LogP contribution in [0.15, 0.2) is 30.5 Å². The van der Waals surface area contributed by atoms with Gasteiger partial charge in [-0.2, -0.15) is 0 Å². The fourth-order valence-electron chi connectivity index (χ4n) is 2.41. The molecule has 0 unspecified atom stereocenters. The number of carbonyl (C=O) groups is 1. The molecule has 0 atom stereocenters. The van der Waals surface area contributed by atoms with Crippen LogP contribution in [0.3, 0.4) is 0 Å². The van der Waals surface area contributed by atoms with Crippen LogP contribution >= 0.6 is 0 Å². The average molecular weight is 297 g/mol. The molecule has 5 heteroatoms. The number of fused-ring (bicyclic) bond motifs is 1. The summed E-state index contributed by atoms with van der Waals surface area (Å²) in [7, 11) is 0. The van der Waals surface area contributed by atoms with Crippen LogP contribution in [-0.2, 0) is 4.74 Å². The molecule has 1 saturated heterocycles. The highest BCUT2D eigenvalue weighted by Crippen LogP contribution is 2.13. The fraction of sp³-hybridized carbons (Fsp3) is 0.353. The maximum Gasteiger partial charge on any atom is 0.252 e. The van der Waals surface area contributed by atoms with Crippen LogP contribution in [0.2, 0.25) is 0 Å². The minimum absolute atomic E-state index is 0.0937. The maximum absolute atomic E-state index is 12.1. The van der Waals surface area contributed by atoms with Crippen LogP contribution in [0.1, 0.15) is 10.4 Å². The Balaban J connectivity index is 1.47. The molecule has 1 amide bonds. The van der Waals surface area contributed by atoms with Gasteiger partial charge < -0.3 is 15.0 Å². The Kier molecular flexibility index (Phi) is 4.74. The molecule has 0 bridgehead atoms. The van der Waals surface area contributed by atoms with E-state index in [2.05, 4.69) is 27.0 Å². The second kappa shape index (κ2) is 7.12. The molecule has 0 spiro atoms. The van der Waals surface area contributed by atoms with Crippen LogP contribution in [0, 0.1) is 11.8 Å². The second-order valence-corrected chi connectivity index (χ2v) is 5.20. The van der Waals surface area contributed by atoms with E-state index < -0.39 is 0 Å². The molecular formula is C17H19N3O2. The predicted octanol–water partition coefficient (Wildman–Crippen LogP) is 1.23. The third-order valence-electron chi connectivity index (χ3n) is 3.68. The van der Waals surface area contributed by atoms with Crippen molar-refractivity contribution >= 4 is 16.8 Å². The monoisotopic (exact) mass is 297 g/mol. The van der Waals surface area contributed by atoms with Gasteiger partial charge in [-0.1, -0.05) is 11.8 Å². The van der Waals surface area contributed by atoms with E-state index in [-0.39, 0.29) is 5.91 Å². The van der Waals surface area contributed by atoms with Gasteiger partial charge in [-0.3, -0.25) is 9.69 Å². The number of hydrogen-bond donors (Lipinski definition) is 2. The number of morpholine rings is 1. The molecule has 1 aromatic carbocycles. The van der Waals surface area contributed by atoms with Crippen LogP contribution in [-0.4, -0.2) is 55.2 Å². The lowest BCUT2D eigenvalue weighted by atomic mass is 10.1. The van der Waals surface area contributed by atoms with E-state index in [1.54, 1.807) is 0 Å². The first kappa shape index (κ1) is 14.6. The van der Waals surface area contributed by atoms with Crippen molar-refractivity contribution < 1.29 is 9.53 Å². The van der Waals surface area contributed by atoms with Crippen molar-refractivity contribution in [3.63, 3.8) is 0 Å². The number of amides is 1. The summed E-state index contributed by atoms with van der Waals surface area (Å²) < 4.78 is 5.28. The quantitative estimate of drug-likeness (QED) is 0.838. The summed E-state index contributed by atoms with van der Waals surface area (Å²) in [5.41, 5.74) is 1.68. The molecule has 2 heterocycles. The van der Waals surface area contributed by atoms with E-state index in [1.165, 1.54) is 0 Å². The Bertz CT molecular complexity index is 705. The molecule has 1 aliphatic heterocycles. The van der Waals surface area contributed by atoms with Gasteiger partial charge in [0.1, 0.15) is 0 Å². The van der Waals surface area contributed by atoms with Crippen LogP contribution in [0.4, 0.5) is 0 Å². The largest absolute Gasteiger partial charge is 0.379 e. The number of benzene rings is 1. The zero-order chi connectivity index (χ0) is 15.2. The van der Waals surface area contributed by atoms with Crippen molar-refractivity contribution in [2.24, 2.45) is 0 Å². The average Bonchev–Trinajstić information content (AvgIpc) is 3.03. The van der Waals surface area contributed by atoms with Crippen molar-refractivity contribution in [3.05, 3.63) is 36.0 Å². The van der Waals surface area contributed by atoms with Crippen molar-refractivity contribution in [1.82, 2.24) is 15.2 Å². The molecular weight excluding hydrogens is 278 g/mol. The summed E-state index contributed by atoms with van der Waals surface area (Å²) in [6.07, 6.45) is 1.86. The van der Waals surface area contributed by atoms with Gasteiger partial charge >= 0.3 is 0 Å². The van der Waals surface area contributed by atoms with E-state index in [9.17, 15) is 4.79 Å². The van der Waals surface area contributed by atoms with Crippen molar-refractivity contribution in [2.75, 3.05) is 39.4 Å². The molecule has 0 saturated carbocycles. The molecule has 2 N–H and O–H groups in total. The number of nitrogens with zero attached hydrogens (tertiary/aromatic N) is 1. The smallest absolute Gasteiger partial charge is 0.252 e. The zero-order valence-corrected chi connectivity index (χ0v) is 12.4. The standard InChI is InChI=1S/C17H19N3O2/c21-17(15-3-4-16-14(13-15)5-7-18-16)19-6-1-2-8-20-9-11-22-12-10-20/h3-5,7,13,18H,6,8-12H2,(H,19,21). The van der Waals surface area contributed by atoms with Crippen LogP contribution in [0.5, 0.6) is 0 Å². The highest BCUT2D eigenvalue weighted by molar-refractivity contribution is 5.98. The van der Waals surface area contributed by atoms with Crippen molar-refractivity contribution in [1.29, 1.82) is 0 Å². The Morgan fingerprint density at radius 3 is 3.00 bits per heavy atom. The molecule has 3 rings (SSSR count). The van der Waals surface area contributed by atoms with E-state index in [4.69, 9.17) is 4.74 Å². The van der Waals surface area contributed by atoms with Crippen LogP contribution in [0.25, 0.3) is 10.9 Å². The number of aromatic amines is 1. The van der Waals surface area contributed by atoms with E-state index in [0.29, 0.717) is 12.1 Å². The molecule has 0 radical (unpaired) electrons. The van der Waals surface area contributed by atoms with Gasteiger partial charge in [0.25, 0.3) is 5.91 Å². The van der Waals surface area contributed by atoms with E-state index in [0.717, 1.165) is 43.8 Å². The maximum atomic E-state index is 12.1. The number of hydrogen-bond acceptors (Lipinski definition) is 3. The lowest BCUT2D eigenvalue weighted by Crippen LogP contribution is -2.36. The van der Waals surface area contributed by atoms with E-state index >= 15 is 0 Å². The lowest BCUT2D eigenvalue weighted by molar-refractivity contribution is 0.0443. The zero-order valence-electron chi connectivity index (χ0n) is 12.4. The topological polar surface area (TPSA) is 57.4 Å². The van der Waals surface area contributed by atoms with Gasteiger partial charge in [-0.15, -0.1) is 0 Å². The molecule has 0 aliphatic carbocycles. The minimum Gasteiger partial charge on any atom is -0.379 e. The number of carbonyl (C=O) groups excluding carboxylic acids is 1. The number of H-pyrrole nitrogens is 1. The first-order chi connectivity index (χ1) is 10.8. The van der Waals surface area contributed by atoms with Gasteiger partial charge in [-0.25, -0.2) is 0 Å². The number of rotatable bonds is 3. The van der Waals surface area contributed by atoms with Gasteiger partial charge in [0.05, 0.1) is 26.3 Å². The first-order valence-corrected chi connectivity index (χ1v) is 7.44. The second-order valence-electron chi connectivity index (χ2n) is 5.20. The Hall–Kier alpha value is -2.29. The summed E-state index contributed by atoms with van der Waals surface area (Å²) in [4.78, 5) is 17.4. The summed E-state index contributed by atoms with van der Waals surface area (Å²) in [6, 6.07) is 7.56. The molecule has 1 aromatic heterocycles. The van der Waals surface area contributed by atoms with Crippen molar-refractivity contribution in [2.45, 2.75) is 0 Å². The number of ether oxygens (including phenoxy) is 1. The molecule has 1 fully saturated rings. The SMILES string of the molecule is O=C(NCC#CCN1CCOCC1)c1ccc2[nH]ccc2c1. The Morgan fingerprint density at radius 1 is 1.27 bits per heavy atom. The first-order valence-electron chi connectivity index (χ1n) is 7.44. The third-order valence-corrected chi connectivity index (χ3v) is 3.68. The van der Waals surface area contributed by atoms with Gasteiger partial charge in [-0.05, 0) is 24.3 Å². The fourth-order valence-corrected chi connectivity index (χ4v) is 2.41. The molecule has 22 heavy (non-hydrogen) atoms. The number of nitrogens with one attached hydrogen (secondary N) is 2. The highest BCUT2D eigenvalue weighted by Gasteiger charge is 2.08. The lowest BCUT2D eigenvalue weighted by Gasteiger charge is -2.24. The molecule has 1 aliphatic rings. The van der Waals surface area contributed by atoms with Gasteiger partial charge in [0, 0.05) is 35.8 Å². The highest BCUT2D eigenvalue weighted by atomic mass is 16.5. The molecule has 2 aromatic rings. The van der Waals surface area contributed by atoms with Crippen LogP contribution < -0.4 is 5.32 Å².